The number of amides is 1. The maximum absolute atomic E-state index is 13.3. The van der Waals surface area contributed by atoms with E-state index in [4.69, 9.17) is 9.72 Å². The van der Waals surface area contributed by atoms with Crippen LogP contribution in [0.2, 0.25) is 0 Å². The van der Waals surface area contributed by atoms with Gasteiger partial charge in [-0.3, -0.25) is 9.69 Å². The van der Waals surface area contributed by atoms with E-state index in [-0.39, 0.29) is 24.4 Å². The first kappa shape index (κ1) is 23.1. The summed E-state index contributed by atoms with van der Waals surface area (Å²) in [6.07, 6.45) is 0.982. The van der Waals surface area contributed by atoms with Gasteiger partial charge in [0.05, 0.1) is 16.3 Å². The number of fused-ring (bicyclic) bond motifs is 1. The van der Waals surface area contributed by atoms with Crippen molar-refractivity contribution >= 4 is 45.0 Å². The second kappa shape index (κ2) is 10.6. The van der Waals surface area contributed by atoms with Crippen LogP contribution in [-0.2, 0) is 0 Å². The van der Waals surface area contributed by atoms with Gasteiger partial charge in [0.1, 0.15) is 5.75 Å². The number of thiazole rings is 1. The summed E-state index contributed by atoms with van der Waals surface area (Å²) in [5.74, 6) is 0.736. The molecule has 0 aliphatic carbocycles. The number of halogens is 1. The summed E-state index contributed by atoms with van der Waals surface area (Å²) >= 11 is 1.55. The number of benzene rings is 2. The van der Waals surface area contributed by atoms with E-state index in [2.05, 4.69) is 4.90 Å². The van der Waals surface area contributed by atoms with Crippen molar-refractivity contribution in [2.24, 2.45) is 0 Å². The van der Waals surface area contributed by atoms with Gasteiger partial charge in [-0.1, -0.05) is 23.5 Å². The lowest BCUT2D eigenvalue weighted by Crippen LogP contribution is -2.33. The number of anilines is 1. The van der Waals surface area contributed by atoms with Gasteiger partial charge in [0.2, 0.25) is 0 Å². The minimum absolute atomic E-state index is 0. The van der Waals surface area contributed by atoms with Crippen LogP contribution in [-0.4, -0.2) is 49.1 Å². The van der Waals surface area contributed by atoms with Gasteiger partial charge in [0, 0.05) is 12.1 Å². The highest BCUT2D eigenvalue weighted by Gasteiger charge is 2.21. The van der Waals surface area contributed by atoms with Gasteiger partial charge in [0.15, 0.2) is 5.13 Å². The van der Waals surface area contributed by atoms with E-state index in [1.165, 1.54) is 0 Å². The quantitative estimate of drug-likeness (QED) is 0.495. The number of hydrogen-bond donors (Lipinski definition) is 0. The monoisotopic (exact) mass is 433 g/mol. The molecule has 1 aromatic heterocycles. The Bertz CT molecular complexity index is 892. The summed E-state index contributed by atoms with van der Waals surface area (Å²) in [7, 11) is 4.08. The van der Waals surface area contributed by atoms with Crippen molar-refractivity contribution in [1.82, 2.24) is 9.88 Å². The standard InChI is InChI=1S/C22H27N3O2S.ClH/c1-16(2)27-18-12-10-17(11-13-18)21(26)25(15-7-14-24(3)4)22-23-19-8-5-6-9-20(19)28-22;/h5-6,8-13,16H,7,14-15H2,1-4H3;1H. The van der Waals surface area contributed by atoms with Crippen LogP contribution in [0, 0.1) is 0 Å². The molecule has 2 aromatic carbocycles. The summed E-state index contributed by atoms with van der Waals surface area (Å²) in [5, 5.41) is 0.743. The number of aromatic nitrogens is 1. The molecule has 0 aliphatic rings. The smallest absolute Gasteiger partial charge is 0.260 e. The van der Waals surface area contributed by atoms with Gasteiger partial charge < -0.3 is 9.64 Å². The zero-order valence-electron chi connectivity index (χ0n) is 17.3. The second-order valence-electron chi connectivity index (χ2n) is 7.27. The molecule has 7 heteroatoms. The molecule has 0 saturated carbocycles. The number of nitrogens with zero attached hydrogens (tertiary/aromatic N) is 3. The Kier molecular flexibility index (Phi) is 8.44. The van der Waals surface area contributed by atoms with E-state index in [1.54, 1.807) is 16.2 Å². The third-order valence-corrected chi connectivity index (χ3v) is 5.28. The Morgan fingerprint density at radius 1 is 1.07 bits per heavy atom. The molecule has 29 heavy (non-hydrogen) atoms. The van der Waals surface area contributed by atoms with E-state index in [0.717, 1.165) is 34.1 Å². The topological polar surface area (TPSA) is 45.7 Å². The molecule has 156 valence electrons. The van der Waals surface area contributed by atoms with Gasteiger partial charge in [-0.2, -0.15) is 0 Å². The lowest BCUT2D eigenvalue weighted by molar-refractivity contribution is 0.0986. The van der Waals surface area contributed by atoms with E-state index in [9.17, 15) is 4.79 Å². The molecule has 0 bridgehead atoms. The van der Waals surface area contributed by atoms with Crippen LogP contribution in [0.1, 0.15) is 30.6 Å². The minimum atomic E-state index is -0.0334. The van der Waals surface area contributed by atoms with Crippen molar-refractivity contribution in [3.63, 3.8) is 0 Å². The molecule has 0 atom stereocenters. The SMILES string of the molecule is CC(C)Oc1ccc(C(=O)N(CCCN(C)C)c2nc3ccccc3s2)cc1.Cl. The highest BCUT2D eigenvalue weighted by atomic mass is 35.5. The molecule has 0 saturated heterocycles. The zero-order chi connectivity index (χ0) is 20.1. The molecular formula is C22H28ClN3O2S. The number of ether oxygens (including phenoxy) is 1. The highest BCUT2D eigenvalue weighted by Crippen LogP contribution is 2.30. The Balaban J connectivity index is 0.00000300. The fourth-order valence-electron chi connectivity index (χ4n) is 2.91. The fraction of sp³-hybridized carbons (Fsp3) is 0.364. The van der Waals surface area contributed by atoms with Gasteiger partial charge >= 0.3 is 0 Å². The molecule has 0 spiro atoms. The molecule has 0 radical (unpaired) electrons. The van der Waals surface area contributed by atoms with Gasteiger partial charge in [-0.15, -0.1) is 12.4 Å². The van der Waals surface area contributed by atoms with Gasteiger partial charge in [-0.25, -0.2) is 4.98 Å². The molecule has 3 rings (SSSR count). The number of para-hydroxylation sites is 1. The minimum Gasteiger partial charge on any atom is -0.491 e. The molecule has 0 aliphatic heterocycles. The normalized spacial score (nSPS) is 11.0. The average molecular weight is 434 g/mol. The van der Waals surface area contributed by atoms with E-state index >= 15 is 0 Å². The Hall–Kier alpha value is -2.15. The van der Waals surface area contributed by atoms with Crippen molar-refractivity contribution in [3.05, 3.63) is 54.1 Å². The number of carbonyl (C=O) groups excluding carboxylic acids is 1. The van der Waals surface area contributed by atoms with Gasteiger partial charge in [0.25, 0.3) is 5.91 Å². The van der Waals surface area contributed by atoms with Crippen molar-refractivity contribution in [3.8, 4) is 5.75 Å². The van der Waals surface area contributed by atoms with E-state index in [0.29, 0.717) is 12.1 Å². The summed E-state index contributed by atoms with van der Waals surface area (Å²) in [6.45, 7) is 5.51. The Morgan fingerprint density at radius 3 is 2.38 bits per heavy atom. The summed E-state index contributed by atoms with van der Waals surface area (Å²) in [4.78, 5) is 21.9. The highest BCUT2D eigenvalue weighted by molar-refractivity contribution is 7.22. The van der Waals surface area contributed by atoms with Crippen LogP contribution >= 0.6 is 23.7 Å². The van der Waals surface area contributed by atoms with Crippen LogP contribution in [0.3, 0.4) is 0 Å². The van der Waals surface area contributed by atoms with E-state index < -0.39 is 0 Å². The largest absolute Gasteiger partial charge is 0.491 e. The molecule has 0 unspecified atom stereocenters. The first-order chi connectivity index (χ1) is 13.4. The van der Waals surface area contributed by atoms with Gasteiger partial charge in [-0.05, 0) is 77.3 Å². The Labute approximate surface area is 182 Å². The second-order valence-corrected chi connectivity index (χ2v) is 8.28. The third-order valence-electron chi connectivity index (χ3n) is 4.22. The van der Waals surface area contributed by atoms with Crippen LogP contribution in [0.5, 0.6) is 5.75 Å². The van der Waals surface area contributed by atoms with Crippen LogP contribution < -0.4 is 9.64 Å². The molecule has 5 nitrogen and oxygen atoms in total. The van der Waals surface area contributed by atoms with Crippen LogP contribution in [0.4, 0.5) is 5.13 Å². The predicted octanol–water partition coefficient (Wildman–Crippen LogP) is 5.10. The fourth-order valence-corrected chi connectivity index (χ4v) is 3.90. The molecule has 0 fully saturated rings. The van der Waals surface area contributed by atoms with Crippen LogP contribution in [0.25, 0.3) is 10.2 Å². The number of carbonyl (C=O) groups is 1. The van der Waals surface area contributed by atoms with E-state index in [1.807, 2.05) is 76.5 Å². The summed E-state index contributed by atoms with van der Waals surface area (Å²) < 4.78 is 6.77. The molecule has 1 heterocycles. The molecular weight excluding hydrogens is 406 g/mol. The van der Waals surface area contributed by atoms with Crippen molar-refractivity contribution in [1.29, 1.82) is 0 Å². The molecule has 0 N–H and O–H groups in total. The summed E-state index contributed by atoms with van der Waals surface area (Å²) in [5.41, 5.74) is 1.56. The maximum Gasteiger partial charge on any atom is 0.260 e. The van der Waals surface area contributed by atoms with Crippen molar-refractivity contribution in [2.75, 3.05) is 32.1 Å². The Morgan fingerprint density at radius 2 is 1.76 bits per heavy atom. The van der Waals surface area contributed by atoms with Crippen molar-refractivity contribution < 1.29 is 9.53 Å². The first-order valence-corrected chi connectivity index (χ1v) is 10.3. The zero-order valence-corrected chi connectivity index (χ0v) is 18.9. The maximum atomic E-state index is 13.3. The lowest BCUT2D eigenvalue weighted by Gasteiger charge is -2.21. The number of hydrogen-bond acceptors (Lipinski definition) is 5. The first-order valence-electron chi connectivity index (χ1n) is 9.53. The third kappa shape index (κ3) is 6.16. The molecule has 3 aromatic rings. The van der Waals surface area contributed by atoms with Crippen molar-refractivity contribution in [2.45, 2.75) is 26.4 Å². The number of rotatable bonds is 8. The lowest BCUT2D eigenvalue weighted by atomic mass is 10.2. The van der Waals surface area contributed by atoms with Crippen LogP contribution in [0.15, 0.2) is 48.5 Å². The summed E-state index contributed by atoms with van der Waals surface area (Å²) in [6, 6.07) is 15.3. The molecule has 1 amide bonds. The predicted molar refractivity (Wildman–Crippen MR) is 124 cm³/mol. The average Bonchev–Trinajstić information content (AvgIpc) is 3.08.